The number of aromatic nitrogens is 3. The second-order valence-corrected chi connectivity index (χ2v) is 4.04. The molecule has 4 heteroatoms. The van der Waals surface area contributed by atoms with Crippen molar-refractivity contribution in [2.24, 2.45) is 0 Å². The van der Waals surface area contributed by atoms with Gasteiger partial charge in [-0.25, -0.2) is 4.68 Å². The number of hydrogen-bond donors (Lipinski definition) is 0. The quantitative estimate of drug-likeness (QED) is 0.702. The maximum Gasteiger partial charge on any atom is 0.142 e. The average molecular weight is 239 g/mol. The van der Waals surface area contributed by atoms with Crippen LogP contribution in [0.3, 0.4) is 0 Å². The molecule has 0 atom stereocenters. The van der Waals surface area contributed by atoms with E-state index in [2.05, 4.69) is 10.3 Å². The van der Waals surface area contributed by atoms with Crippen LogP contribution in [0.2, 0.25) is 0 Å². The molecule has 1 aromatic heterocycles. The monoisotopic (exact) mass is 239 g/mol. The molecular formula is C14H13N3O. The van der Waals surface area contributed by atoms with E-state index in [0.29, 0.717) is 13.3 Å². The second-order valence-electron chi connectivity index (χ2n) is 4.04. The van der Waals surface area contributed by atoms with Gasteiger partial charge in [-0.1, -0.05) is 47.7 Å². The Balaban J connectivity index is 1.67. The van der Waals surface area contributed by atoms with E-state index in [0.717, 1.165) is 16.6 Å². The molecule has 0 saturated carbocycles. The fourth-order valence-electron chi connectivity index (χ4n) is 1.84. The Hall–Kier alpha value is -2.20. The van der Waals surface area contributed by atoms with E-state index in [1.807, 2.05) is 54.6 Å². The van der Waals surface area contributed by atoms with Crippen LogP contribution >= 0.6 is 0 Å². The molecule has 0 aliphatic carbocycles. The Morgan fingerprint density at radius 2 is 1.72 bits per heavy atom. The van der Waals surface area contributed by atoms with Crippen LogP contribution in [0.25, 0.3) is 11.0 Å². The summed E-state index contributed by atoms with van der Waals surface area (Å²) in [5.41, 5.74) is 3.04. The zero-order valence-electron chi connectivity index (χ0n) is 9.86. The summed E-state index contributed by atoms with van der Waals surface area (Å²) in [6, 6.07) is 17.9. The molecule has 0 amide bonds. The number of hydrogen-bond acceptors (Lipinski definition) is 3. The first-order chi connectivity index (χ1) is 8.93. The largest absolute Gasteiger partial charge is 0.354 e. The maximum atomic E-state index is 5.63. The molecule has 0 aliphatic heterocycles. The van der Waals surface area contributed by atoms with Gasteiger partial charge in [-0.3, -0.25) is 0 Å². The number of nitrogens with zero attached hydrogens (tertiary/aromatic N) is 3. The molecule has 0 aliphatic rings. The van der Waals surface area contributed by atoms with Crippen molar-refractivity contribution in [1.82, 2.24) is 15.0 Å². The highest BCUT2D eigenvalue weighted by molar-refractivity contribution is 5.73. The third-order valence-electron chi connectivity index (χ3n) is 2.75. The fraction of sp³-hybridized carbons (Fsp3) is 0.143. The highest BCUT2D eigenvalue weighted by Crippen LogP contribution is 2.10. The summed E-state index contributed by atoms with van der Waals surface area (Å²) in [5.74, 6) is 0. The third kappa shape index (κ3) is 2.24. The Labute approximate surface area is 105 Å². The minimum Gasteiger partial charge on any atom is -0.354 e. The zero-order valence-corrected chi connectivity index (χ0v) is 9.86. The molecule has 0 spiro atoms. The molecule has 0 radical (unpaired) electrons. The summed E-state index contributed by atoms with van der Waals surface area (Å²) in [5, 5.41) is 8.15. The summed E-state index contributed by atoms with van der Waals surface area (Å²) in [6.45, 7) is 0.991. The van der Waals surface area contributed by atoms with E-state index < -0.39 is 0 Å². The van der Waals surface area contributed by atoms with E-state index in [-0.39, 0.29) is 0 Å². The number of ether oxygens (including phenoxy) is 1. The lowest BCUT2D eigenvalue weighted by molar-refractivity contribution is 0.0577. The Morgan fingerprint density at radius 1 is 0.944 bits per heavy atom. The van der Waals surface area contributed by atoms with Gasteiger partial charge in [0.05, 0.1) is 12.1 Å². The first-order valence-electron chi connectivity index (χ1n) is 5.83. The standard InChI is InChI=1S/C14H13N3O/c1-2-6-12(7-3-1)10-18-11-17-14-9-5-4-8-13(14)15-16-17/h1-9H,10-11H2. The van der Waals surface area contributed by atoms with Crippen molar-refractivity contribution in [1.29, 1.82) is 0 Å². The van der Waals surface area contributed by atoms with Crippen LogP contribution in [-0.2, 0) is 18.1 Å². The predicted octanol–water partition coefficient (Wildman–Crippen LogP) is 2.61. The molecule has 0 N–H and O–H groups in total. The van der Waals surface area contributed by atoms with Gasteiger partial charge in [0, 0.05) is 0 Å². The third-order valence-corrected chi connectivity index (χ3v) is 2.75. The van der Waals surface area contributed by atoms with Crippen molar-refractivity contribution < 1.29 is 4.74 Å². The second kappa shape index (κ2) is 4.98. The Morgan fingerprint density at radius 3 is 2.61 bits per heavy atom. The molecule has 4 nitrogen and oxygen atoms in total. The summed E-state index contributed by atoms with van der Waals surface area (Å²) in [6.07, 6.45) is 0. The number of rotatable bonds is 4. The van der Waals surface area contributed by atoms with Gasteiger partial charge in [-0.05, 0) is 17.7 Å². The van der Waals surface area contributed by atoms with Crippen LogP contribution in [0, 0.1) is 0 Å². The number of para-hydroxylation sites is 1. The SMILES string of the molecule is c1ccc(COCn2nnc3ccccc32)cc1. The first kappa shape index (κ1) is 10.9. The van der Waals surface area contributed by atoms with Gasteiger partial charge >= 0.3 is 0 Å². The zero-order chi connectivity index (χ0) is 12.2. The van der Waals surface area contributed by atoms with Crippen LogP contribution in [0.1, 0.15) is 5.56 Å². The molecule has 0 fully saturated rings. The molecule has 2 aromatic carbocycles. The predicted molar refractivity (Wildman–Crippen MR) is 68.8 cm³/mol. The van der Waals surface area contributed by atoms with Crippen molar-refractivity contribution in [2.45, 2.75) is 13.3 Å². The van der Waals surface area contributed by atoms with Gasteiger partial charge in [0.1, 0.15) is 12.2 Å². The minimum absolute atomic E-state index is 0.412. The molecule has 1 heterocycles. The smallest absolute Gasteiger partial charge is 0.142 e. The van der Waals surface area contributed by atoms with Gasteiger partial charge in [0.15, 0.2) is 0 Å². The molecule has 0 saturated heterocycles. The molecular weight excluding hydrogens is 226 g/mol. The minimum atomic E-state index is 0.412. The maximum absolute atomic E-state index is 5.63. The summed E-state index contributed by atoms with van der Waals surface area (Å²) in [7, 11) is 0. The van der Waals surface area contributed by atoms with Crippen LogP contribution < -0.4 is 0 Å². The van der Waals surface area contributed by atoms with Crippen LogP contribution in [0.5, 0.6) is 0 Å². The Bertz CT molecular complexity index is 634. The van der Waals surface area contributed by atoms with Crippen LogP contribution in [0.15, 0.2) is 54.6 Å². The molecule has 90 valence electrons. The van der Waals surface area contributed by atoms with E-state index in [1.165, 1.54) is 0 Å². The molecule has 3 aromatic rings. The van der Waals surface area contributed by atoms with E-state index in [4.69, 9.17) is 4.74 Å². The van der Waals surface area contributed by atoms with Gasteiger partial charge in [-0.15, -0.1) is 5.10 Å². The van der Waals surface area contributed by atoms with Crippen LogP contribution in [-0.4, -0.2) is 15.0 Å². The van der Waals surface area contributed by atoms with Crippen molar-refractivity contribution in [3.8, 4) is 0 Å². The summed E-state index contributed by atoms with van der Waals surface area (Å²) < 4.78 is 7.39. The van der Waals surface area contributed by atoms with Crippen molar-refractivity contribution >= 4 is 11.0 Å². The number of fused-ring (bicyclic) bond motifs is 1. The molecule has 0 bridgehead atoms. The topological polar surface area (TPSA) is 39.9 Å². The summed E-state index contributed by atoms with van der Waals surface area (Å²) >= 11 is 0. The molecule has 0 unspecified atom stereocenters. The lowest BCUT2D eigenvalue weighted by atomic mass is 10.2. The average Bonchev–Trinajstić information content (AvgIpc) is 2.84. The first-order valence-corrected chi connectivity index (χ1v) is 5.83. The van der Waals surface area contributed by atoms with Gasteiger partial charge < -0.3 is 4.74 Å². The van der Waals surface area contributed by atoms with E-state index >= 15 is 0 Å². The molecule has 3 rings (SSSR count). The lowest BCUT2D eigenvalue weighted by Gasteiger charge is -2.04. The molecule has 18 heavy (non-hydrogen) atoms. The van der Waals surface area contributed by atoms with Crippen molar-refractivity contribution in [2.75, 3.05) is 0 Å². The number of benzene rings is 2. The van der Waals surface area contributed by atoms with Gasteiger partial charge in [0.25, 0.3) is 0 Å². The van der Waals surface area contributed by atoms with E-state index in [1.54, 1.807) is 4.68 Å². The fourth-order valence-corrected chi connectivity index (χ4v) is 1.84. The van der Waals surface area contributed by atoms with Gasteiger partial charge in [0.2, 0.25) is 0 Å². The lowest BCUT2D eigenvalue weighted by Crippen LogP contribution is -2.04. The highest BCUT2D eigenvalue weighted by Gasteiger charge is 2.02. The van der Waals surface area contributed by atoms with Gasteiger partial charge in [-0.2, -0.15) is 0 Å². The van der Waals surface area contributed by atoms with Crippen LogP contribution in [0.4, 0.5) is 0 Å². The van der Waals surface area contributed by atoms with E-state index in [9.17, 15) is 0 Å². The Kier molecular flexibility index (Phi) is 3.02. The van der Waals surface area contributed by atoms with Crippen molar-refractivity contribution in [3.05, 3.63) is 60.2 Å². The summed E-state index contributed by atoms with van der Waals surface area (Å²) in [4.78, 5) is 0. The normalized spacial score (nSPS) is 10.9. The highest BCUT2D eigenvalue weighted by atomic mass is 16.5. The van der Waals surface area contributed by atoms with Crippen molar-refractivity contribution in [3.63, 3.8) is 0 Å².